The number of thiazole rings is 1. The predicted octanol–water partition coefficient (Wildman–Crippen LogP) is 4.51. The summed E-state index contributed by atoms with van der Waals surface area (Å²) in [7, 11) is 1.59. The molecule has 0 radical (unpaired) electrons. The molecular formula is C25H27N5O2S. The number of carbonyl (C=O) groups excluding carboxylic acids is 1. The smallest absolute Gasteiger partial charge is 0.255 e. The van der Waals surface area contributed by atoms with Crippen molar-refractivity contribution < 1.29 is 9.53 Å². The second kappa shape index (κ2) is 8.86. The summed E-state index contributed by atoms with van der Waals surface area (Å²) in [4.78, 5) is 20.0. The number of aromatic nitrogens is 3. The summed E-state index contributed by atoms with van der Waals surface area (Å²) in [6.07, 6.45) is 1.75. The highest BCUT2D eigenvalue weighted by Gasteiger charge is 2.25. The van der Waals surface area contributed by atoms with Gasteiger partial charge in [0.15, 0.2) is 10.8 Å². The minimum atomic E-state index is -0.0836. The summed E-state index contributed by atoms with van der Waals surface area (Å²) in [5.74, 6) is 0.514. The van der Waals surface area contributed by atoms with Gasteiger partial charge in [0.1, 0.15) is 5.75 Å². The van der Waals surface area contributed by atoms with Gasteiger partial charge in [-0.05, 0) is 51.0 Å². The van der Waals surface area contributed by atoms with E-state index in [2.05, 4.69) is 41.4 Å². The SMILES string of the molecule is COc1ccccc1C(=O)NC1CCN(c2nc3c(s2)c(C)nn3-c2ccc(C)cc2)CC1. The van der Waals surface area contributed by atoms with Crippen molar-refractivity contribution in [3.8, 4) is 11.4 Å². The highest BCUT2D eigenvalue weighted by atomic mass is 32.1. The Balaban J connectivity index is 1.28. The number of methoxy groups -OCH3 is 1. The maximum Gasteiger partial charge on any atom is 0.255 e. The van der Waals surface area contributed by atoms with Crippen molar-refractivity contribution in [1.29, 1.82) is 0 Å². The van der Waals surface area contributed by atoms with Crippen LogP contribution in [0.4, 0.5) is 5.13 Å². The molecule has 0 unspecified atom stereocenters. The number of aryl methyl sites for hydroxylation is 2. The molecule has 4 aromatic rings. The molecule has 0 spiro atoms. The summed E-state index contributed by atoms with van der Waals surface area (Å²) in [6, 6.07) is 15.8. The molecule has 1 saturated heterocycles. The lowest BCUT2D eigenvalue weighted by molar-refractivity contribution is 0.0928. The Morgan fingerprint density at radius 2 is 1.82 bits per heavy atom. The fraction of sp³-hybridized carbons (Fsp3) is 0.320. The molecule has 1 aliphatic rings. The predicted molar refractivity (Wildman–Crippen MR) is 132 cm³/mol. The van der Waals surface area contributed by atoms with Crippen LogP contribution in [0.2, 0.25) is 0 Å². The topological polar surface area (TPSA) is 72.3 Å². The third-order valence-electron chi connectivity index (χ3n) is 6.11. The first kappa shape index (κ1) is 21.5. The zero-order valence-corrected chi connectivity index (χ0v) is 19.9. The number of nitrogens with one attached hydrogen (secondary N) is 1. The summed E-state index contributed by atoms with van der Waals surface area (Å²) in [5, 5.41) is 8.90. The van der Waals surface area contributed by atoms with Gasteiger partial charge in [0.2, 0.25) is 0 Å². The second-order valence-electron chi connectivity index (χ2n) is 8.42. The highest BCUT2D eigenvalue weighted by Crippen LogP contribution is 2.33. The first-order valence-electron chi connectivity index (χ1n) is 11.2. The van der Waals surface area contributed by atoms with E-state index >= 15 is 0 Å². The minimum absolute atomic E-state index is 0.0836. The summed E-state index contributed by atoms with van der Waals surface area (Å²) >= 11 is 1.69. The van der Waals surface area contributed by atoms with Gasteiger partial charge in [-0.2, -0.15) is 10.1 Å². The van der Waals surface area contributed by atoms with Crippen molar-refractivity contribution in [2.45, 2.75) is 32.7 Å². The van der Waals surface area contributed by atoms with Crippen LogP contribution in [0.15, 0.2) is 48.5 Å². The Hall–Kier alpha value is -3.39. The number of hydrogen-bond donors (Lipinski definition) is 1. The molecule has 33 heavy (non-hydrogen) atoms. The molecule has 0 aliphatic carbocycles. The van der Waals surface area contributed by atoms with E-state index in [0.29, 0.717) is 11.3 Å². The summed E-state index contributed by atoms with van der Waals surface area (Å²) < 4.78 is 8.38. The van der Waals surface area contributed by atoms with Gasteiger partial charge in [-0.25, -0.2) is 4.68 Å². The van der Waals surface area contributed by atoms with Crippen molar-refractivity contribution >= 4 is 32.7 Å². The van der Waals surface area contributed by atoms with E-state index in [-0.39, 0.29) is 11.9 Å². The van der Waals surface area contributed by atoms with Gasteiger partial charge in [0.25, 0.3) is 5.91 Å². The number of para-hydroxylation sites is 1. The number of carbonyl (C=O) groups is 1. The molecule has 8 heteroatoms. The molecule has 170 valence electrons. The first-order chi connectivity index (χ1) is 16.0. The number of anilines is 1. The zero-order chi connectivity index (χ0) is 22.9. The molecule has 2 aromatic carbocycles. The van der Waals surface area contributed by atoms with Crippen molar-refractivity contribution in [2.75, 3.05) is 25.1 Å². The standard InChI is InChI=1S/C25H27N5O2S/c1-16-8-10-19(11-9-16)30-23-22(17(2)28-30)33-25(27-23)29-14-12-18(13-15-29)26-24(31)20-6-4-5-7-21(20)32-3/h4-11,18H,12-15H2,1-3H3,(H,26,31). The molecule has 2 aromatic heterocycles. The number of benzene rings is 2. The van der Waals surface area contributed by atoms with Crippen LogP contribution in [0.25, 0.3) is 16.0 Å². The molecule has 0 atom stereocenters. The average molecular weight is 462 g/mol. The maximum absolute atomic E-state index is 12.7. The summed E-state index contributed by atoms with van der Waals surface area (Å²) in [5.41, 5.74) is 4.72. The fourth-order valence-corrected chi connectivity index (χ4v) is 5.27. The molecule has 7 nitrogen and oxygen atoms in total. The average Bonchev–Trinajstić information content (AvgIpc) is 3.40. The quantitative estimate of drug-likeness (QED) is 0.474. The molecule has 0 bridgehead atoms. The number of rotatable bonds is 5. The van der Waals surface area contributed by atoms with Crippen molar-refractivity contribution in [1.82, 2.24) is 20.1 Å². The van der Waals surface area contributed by atoms with Gasteiger partial charge in [-0.15, -0.1) is 0 Å². The van der Waals surface area contributed by atoms with E-state index in [4.69, 9.17) is 14.8 Å². The molecule has 1 aliphatic heterocycles. The Morgan fingerprint density at radius 3 is 2.55 bits per heavy atom. The van der Waals surface area contributed by atoms with E-state index in [9.17, 15) is 4.79 Å². The van der Waals surface area contributed by atoms with E-state index in [1.54, 1.807) is 24.5 Å². The molecule has 0 saturated carbocycles. The minimum Gasteiger partial charge on any atom is -0.496 e. The van der Waals surface area contributed by atoms with E-state index in [1.165, 1.54) is 5.56 Å². The zero-order valence-electron chi connectivity index (χ0n) is 19.0. The van der Waals surface area contributed by atoms with E-state index < -0.39 is 0 Å². The molecule has 1 fully saturated rings. The van der Waals surface area contributed by atoms with Crippen LogP contribution in [0.3, 0.4) is 0 Å². The number of piperidine rings is 1. The van der Waals surface area contributed by atoms with Crippen molar-refractivity contribution in [3.05, 3.63) is 65.4 Å². The molecular weight excluding hydrogens is 434 g/mol. The normalized spacial score (nSPS) is 14.6. The number of fused-ring (bicyclic) bond motifs is 1. The van der Waals surface area contributed by atoms with Crippen molar-refractivity contribution in [2.24, 2.45) is 0 Å². The fourth-order valence-electron chi connectivity index (χ4n) is 4.23. The third kappa shape index (κ3) is 4.18. The van der Waals surface area contributed by atoms with Gasteiger partial charge in [0, 0.05) is 19.1 Å². The van der Waals surface area contributed by atoms with Crippen LogP contribution in [0.1, 0.15) is 34.5 Å². The molecule has 5 rings (SSSR count). The Bertz CT molecular complexity index is 1290. The van der Waals surface area contributed by atoms with E-state index in [0.717, 1.165) is 52.8 Å². The lowest BCUT2D eigenvalue weighted by Gasteiger charge is -2.32. The first-order valence-corrected chi connectivity index (χ1v) is 12.0. The second-order valence-corrected chi connectivity index (χ2v) is 9.39. The largest absolute Gasteiger partial charge is 0.496 e. The van der Waals surface area contributed by atoms with Gasteiger partial charge in [-0.1, -0.05) is 41.2 Å². The maximum atomic E-state index is 12.7. The molecule has 3 heterocycles. The third-order valence-corrected chi connectivity index (χ3v) is 7.32. The van der Waals surface area contributed by atoms with Gasteiger partial charge in [-0.3, -0.25) is 4.79 Å². The highest BCUT2D eigenvalue weighted by molar-refractivity contribution is 7.22. The van der Waals surface area contributed by atoms with Crippen molar-refractivity contribution in [3.63, 3.8) is 0 Å². The van der Waals surface area contributed by atoms with Crippen LogP contribution in [-0.4, -0.2) is 46.9 Å². The Kier molecular flexibility index (Phi) is 5.76. The monoisotopic (exact) mass is 461 g/mol. The Morgan fingerprint density at radius 1 is 1.09 bits per heavy atom. The molecule has 1 N–H and O–H groups in total. The number of hydrogen-bond acceptors (Lipinski definition) is 6. The van der Waals surface area contributed by atoms with E-state index in [1.807, 2.05) is 29.8 Å². The molecule has 1 amide bonds. The van der Waals surface area contributed by atoms with Crippen LogP contribution >= 0.6 is 11.3 Å². The van der Waals surface area contributed by atoms with Crippen LogP contribution < -0.4 is 15.0 Å². The number of nitrogens with zero attached hydrogens (tertiary/aromatic N) is 4. The Labute approximate surface area is 197 Å². The van der Waals surface area contributed by atoms with Gasteiger partial charge in [0.05, 0.1) is 28.8 Å². The van der Waals surface area contributed by atoms with Crippen LogP contribution in [-0.2, 0) is 0 Å². The lowest BCUT2D eigenvalue weighted by Crippen LogP contribution is -2.44. The van der Waals surface area contributed by atoms with Gasteiger partial charge < -0.3 is 15.0 Å². The lowest BCUT2D eigenvalue weighted by atomic mass is 10.0. The summed E-state index contributed by atoms with van der Waals surface area (Å²) in [6.45, 7) is 5.82. The number of amides is 1. The van der Waals surface area contributed by atoms with Gasteiger partial charge >= 0.3 is 0 Å². The number of ether oxygens (including phenoxy) is 1. The van der Waals surface area contributed by atoms with Crippen LogP contribution in [0, 0.1) is 13.8 Å². The van der Waals surface area contributed by atoms with Crippen LogP contribution in [0.5, 0.6) is 5.75 Å².